The zero-order valence-electron chi connectivity index (χ0n) is 20.9. The Morgan fingerprint density at radius 1 is 1.00 bits per heavy atom. The van der Waals surface area contributed by atoms with Gasteiger partial charge in [-0.15, -0.1) is 11.3 Å². The number of aryl methyl sites for hydroxylation is 1. The molecule has 4 aromatic heterocycles. The molecular formula is C26H17ClF3N7O3S. The highest BCUT2D eigenvalue weighted by atomic mass is 35.5. The SMILES string of the molecule is Cn1cc2cc(Nc3nc(=O)n(Cc4cc5ccsc5[nH]c4=O)c(=O)n3Cc3cc(F)c(F)c(F)c3)c(Cl)cc2n1. The van der Waals surface area contributed by atoms with Crippen LogP contribution in [-0.2, 0) is 20.1 Å². The Labute approximate surface area is 235 Å². The minimum Gasteiger partial charge on any atom is -0.324 e. The molecular weight excluding hydrogens is 583 g/mol. The van der Waals surface area contributed by atoms with Crippen molar-refractivity contribution in [3.63, 3.8) is 0 Å². The zero-order valence-corrected chi connectivity index (χ0v) is 22.5. The molecule has 0 spiro atoms. The van der Waals surface area contributed by atoms with Crippen LogP contribution in [0.2, 0.25) is 5.02 Å². The van der Waals surface area contributed by atoms with E-state index in [4.69, 9.17) is 11.6 Å². The Morgan fingerprint density at radius 3 is 2.51 bits per heavy atom. The monoisotopic (exact) mass is 599 g/mol. The maximum absolute atomic E-state index is 14.0. The van der Waals surface area contributed by atoms with Gasteiger partial charge >= 0.3 is 11.4 Å². The molecule has 41 heavy (non-hydrogen) atoms. The smallest absolute Gasteiger partial charge is 0.324 e. The molecule has 0 atom stereocenters. The van der Waals surface area contributed by atoms with E-state index >= 15 is 0 Å². The Kier molecular flexibility index (Phi) is 6.50. The first kappa shape index (κ1) is 26.5. The van der Waals surface area contributed by atoms with E-state index in [1.165, 1.54) is 11.3 Å². The number of benzene rings is 2. The standard InChI is InChI=1S/C26H17ClF3N7O3S/c1-35-10-14-7-20(16(27)8-19(14)34-35)31-24-33-25(39)37(11-15-6-13-2-3-41-23(13)32-22(15)38)26(40)36(24)9-12-4-17(28)21(30)18(29)5-12/h2-8,10H,9,11H2,1H3,(H,32,38)(H,31,33,39). The van der Waals surface area contributed by atoms with Gasteiger partial charge in [0, 0.05) is 29.6 Å². The number of nitrogens with zero attached hydrogens (tertiary/aromatic N) is 5. The number of nitrogens with one attached hydrogen (secondary N) is 2. The van der Waals surface area contributed by atoms with Gasteiger partial charge in [0.2, 0.25) is 5.95 Å². The van der Waals surface area contributed by atoms with Gasteiger partial charge in [-0.25, -0.2) is 27.3 Å². The fourth-order valence-corrected chi connectivity index (χ4v) is 5.40. The van der Waals surface area contributed by atoms with Crippen LogP contribution in [0.1, 0.15) is 11.1 Å². The van der Waals surface area contributed by atoms with Crippen molar-refractivity contribution in [2.24, 2.45) is 7.05 Å². The highest BCUT2D eigenvalue weighted by Gasteiger charge is 2.19. The second kappa shape index (κ2) is 10.1. The van der Waals surface area contributed by atoms with E-state index in [0.29, 0.717) is 21.1 Å². The number of anilines is 2. The molecule has 6 aromatic rings. The predicted octanol–water partition coefficient (Wildman–Crippen LogP) is 4.11. The Balaban J connectivity index is 1.49. The number of fused-ring (bicyclic) bond motifs is 2. The first-order valence-electron chi connectivity index (χ1n) is 11.9. The number of hydrogen-bond acceptors (Lipinski definition) is 7. The summed E-state index contributed by atoms with van der Waals surface area (Å²) in [5.41, 5.74) is -1.58. The van der Waals surface area contributed by atoms with Crippen LogP contribution < -0.4 is 22.3 Å². The number of aromatic nitrogens is 6. The van der Waals surface area contributed by atoms with Crippen LogP contribution in [0, 0.1) is 17.5 Å². The van der Waals surface area contributed by atoms with Crippen molar-refractivity contribution in [2.75, 3.05) is 5.32 Å². The van der Waals surface area contributed by atoms with Crippen LogP contribution in [-0.4, -0.2) is 28.9 Å². The molecule has 0 fully saturated rings. The lowest BCUT2D eigenvalue weighted by Gasteiger charge is -2.16. The minimum absolute atomic E-state index is 0.119. The number of H-pyrrole nitrogens is 1. The molecule has 208 valence electrons. The number of rotatable bonds is 6. The van der Waals surface area contributed by atoms with Crippen LogP contribution in [0.5, 0.6) is 0 Å². The van der Waals surface area contributed by atoms with Crippen molar-refractivity contribution in [3.8, 4) is 0 Å². The van der Waals surface area contributed by atoms with E-state index in [9.17, 15) is 27.6 Å². The first-order chi connectivity index (χ1) is 19.6. The summed E-state index contributed by atoms with van der Waals surface area (Å²) in [6, 6.07) is 7.98. The average molecular weight is 600 g/mol. The summed E-state index contributed by atoms with van der Waals surface area (Å²) in [7, 11) is 1.72. The number of hydrogen-bond donors (Lipinski definition) is 2. The molecule has 0 radical (unpaired) electrons. The summed E-state index contributed by atoms with van der Waals surface area (Å²) in [6.45, 7) is -0.935. The molecule has 0 bridgehead atoms. The average Bonchev–Trinajstić information content (AvgIpc) is 3.51. The molecule has 0 aliphatic rings. The summed E-state index contributed by atoms with van der Waals surface area (Å²) in [5, 5.41) is 10.5. The highest BCUT2D eigenvalue weighted by Crippen LogP contribution is 2.29. The number of pyridine rings is 1. The molecule has 2 N–H and O–H groups in total. The van der Waals surface area contributed by atoms with Gasteiger partial charge in [-0.2, -0.15) is 10.1 Å². The van der Waals surface area contributed by atoms with Gasteiger partial charge in [-0.3, -0.25) is 14.0 Å². The molecule has 0 unspecified atom stereocenters. The van der Waals surface area contributed by atoms with Crippen LogP contribution in [0.15, 0.2) is 62.4 Å². The summed E-state index contributed by atoms with van der Waals surface area (Å²) in [5.74, 6) is -4.87. The molecule has 0 saturated carbocycles. The second-order valence-corrected chi connectivity index (χ2v) is 10.5. The summed E-state index contributed by atoms with van der Waals surface area (Å²) in [4.78, 5) is 46.8. The lowest BCUT2D eigenvalue weighted by atomic mass is 10.2. The fourth-order valence-electron chi connectivity index (χ4n) is 4.43. The highest BCUT2D eigenvalue weighted by molar-refractivity contribution is 7.16. The summed E-state index contributed by atoms with van der Waals surface area (Å²) >= 11 is 7.74. The first-order valence-corrected chi connectivity index (χ1v) is 13.2. The second-order valence-electron chi connectivity index (χ2n) is 9.19. The van der Waals surface area contributed by atoms with Gasteiger partial charge in [0.1, 0.15) is 4.83 Å². The van der Waals surface area contributed by atoms with E-state index < -0.39 is 47.5 Å². The van der Waals surface area contributed by atoms with Gasteiger partial charge in [0.25, 0.3) is 5.56 Å². The van der Waals surface area contributed by atoms with E-state index in [-0.39, 0.29) is 27.8 Å². The summed E-state index contributed by atoms with van der Waals surface area (Å²) in [6.07, 6.45) is 1.72. The summed E-state index contributed by atoms with van der Waals surface area (Å²) < 4.78 is 44.9. The topological polar surface area (TPSA) is 120 Å². The lowest BCUT2D eigenvalue weighted by Crippen LogP contribution is -2.43. The Bertz CT molecular complexity index is 2160. The molecule has 10 nitrogen and oxygen atoms in total. The molecule has 2 aromatic carbocycles. The van der Waals surface area contributed by atoms with Gasteiger partial charge in [0.05, 0.1) is 29.3 Å². The Morgan fingerprint density at radius 2 is 1.76 bits per heavy atom. The van der Waals surface area contributed by atoms with Crippen molar-refractivity contribution in [1.29, 1.82) is 0 Å². The van der Waals surface area contributed by atoms with E-state index in [1.807, 2.05) is 0 Å². The van der Waals surface area contributed by atoms with Crippen LogP contribution in [0.25, 0.3) is 21.1 Å². The fraction of sp³-hybridized carbons (Fsp3) is 0.115. The Hall–Kier alpha value is -4.69. The van der Waals surface area contributed by atoms with E-state index in [1.54, 1.807) is 47.6 Å². The lowest BCUT2D eigenvalue weighted by molar-refractivity contribution is 0.444. The van der Waals surface area contributed by atoms with Crippen LogP contribution >= 0.6 is 22.9 Å². The molecule has 0 saturated heterocycles. The predicted molar refractivity (Wildman–Crippen MR) is 149 cm³/mol. The van der Waals surface area contributed by atoms with Gasteiger partial charge in [-0.05, 0) is 47.3 Å². The van der Waals surface area contributed by atoms with Crippen LogP contribution in [0.4, 0.5) is 24.8 Å². The molecule has 6 rings (SSSR count). The third-order valence-corrected chi connectivity index (χ3v) is 7.52. The van der Waals surface area contributed by atoms with Crippen molar-refractivity contribution in [3.05, 3.63) is 113 Å². The molecule has 0 aliphatic heterocycles. The van der Waals surface area contributed by atoms with Crippen molar-refractivity contribution in [1.82, 2.24) is 28.9 Å². The molecule has 0 amide bonds. The minimum atomic E-state index is -1.66. The number of aromatic amines is 1. The third-order valence-electron chi connectivity index (χ3n) is 6.36. The van der Waals surface area contributed by atoms with E-state index in [2.05, 4.69) is 20.4 Å². The quantitative estimate of drug-likeness (QED) is 0.278. The molecule has 4 heterocycles. The maximum Gasteiger partial charge on any atom is 0.355 e. The van der Waals surface area contributed by atoms with Crippen molar-refractivity contribution >= 4 is 55.7 Å². The van der Waals surface area contributed by atoms with Gasteiger partial charge in [0.15, 0.2) is 17.5 Å². The third kappa shape index (κ3) is 4.91. The van der Waals surface area contributed by atoms with Crippen molar-refractivity contribution in [2.45, 2.75) is 13.1 Å². The van der Waals surface area contributed by atoms with Gasteiger partial charge < -0.3 is 10.3 Å². The molecule has 15 heteroatoms. The number of halogens is 4. The van der Waals surface area contributed by atoms with Gasteiger partial charge in [-0.1, -0.05) is 11.6 Å². The molecule has 0 aliphatic carbocycles. The number of thiophene rings is 1. The van der Waals surface area contributed by atoms with Crippen LogP contribution in [0.3, 0.4) is 0 Å². The normalized spacial score (nSPS) is 11.5. The zero-order chi connectivity index (χ0) is 29.0. The largest absolute Gasteiger partial charge is 0.355 e. The van der Waals surface area contributed by atoms with E-state index in [0.717, 1.165) is 21.3 Å². The maximum atomic E-state index is 14.0. The van der Waals surface area contributed by atoms with Crippen molar-refractivity contribution < 1.29 is 13.2 Å².